The van der Waals surface area contributed by atoms with Crippen LogP contribution in [0.5, 0.6) is 0 Å². The first kappa shape index (κ1) is 37.6. The van der Waals surface area contributed by atoms with Crippen LogP contribution in [0.4, 0.5) is 9.59 Å². The van der Waals surface area contributed by atoms with E-state index in [1.54, 1.807) is 22.2 Å². The van der Waals surface area contributed by atoms with Gasteiger partial charge in [0.15, 0.2) is 0 Å². The third-order valence-electron chi connectivity index (χ3n) is 10.0. The highest BCUT2D eigenvalue weighted by atomic mass is 16.5. The Labute approximate surface area is 311 Å². The number of carboxylic acid groups (broad SMARTS) is 1. The molecule has 5 amide bonds. The summed E-state index contributed by atoms with van der Waals surface area (Å²) in [7, 11) is 1.28. The molecule has 4 aromatic rings. The number of imidazole rings is 2. The second kappa shape index (κ2) is 16.2. The number of aromatic nitrogens is 4. The van der Waals surface area contributed by atoms with Crippen molar-refractivity contribution in [2.45, 2.75) is 70.1 Å². The van der Waals surface area contributed by atoms with Gasteiger partial charge in [-0.2, -0.15) is 0 Å². The molecule has 2 saturated heterocycles. The van der Waals surface area contributed by atoms with Crippen LogP contribution >= 0.6 is 0 Å². The van der Waals surface area contributed by atoms with Crippen molar-refractivity contribution in [2.75, 3.05) is 20.2 Å². The van der Waals surface area contributed by atoms with Crippen molar-refractivity contribution in [1.82, 2.24) is 40.4 Å². The zero-order valence-electron chi connectivity index (χ0n) is 30.4. The Morgan fingerprint density at radius 2 is 1.26 bits per heavy atom. The van der Waals surface area contributed by atoms with Crippen molar-refractivity contribution in [2.24, 2.45) is 11.7 Å². The molecule has 284 valence electrons. The van der Waals surface area contributed by atoms with Crippen LogP contribution in [0, 0.1) is 5.92 Å². The van der Waals surface area contributed by atoms with Crippen LogP contribution in [0.2, 0.25) is 0 Å². The maximum absolute atomic E-state index is 13.5. The molecule has 4 heterocycles. The number of methoxy groups -OCH3 is 1. The van der Waals surface area contributed by atoms with Crippen molar-refractivity contribution >= 4 is 29.9 Å². The summed E-state index contributed by atoms with van der Waals surface area (Å²) in [6.45, 7) is 4.76. The van der Waals surface area contributed by atoms with E-state index in [-0.39, 0.29) is 17.9 Å². The number of H-pyrrole nitrogens is 2. The summed E-state index contributed by atoms with van der Waals surface area (Å²) in [5, 5.41) is 14.0. The number of amides is 5. The van der Waals surface area contributed by atoms with Crippen molar-refractivity contribution in [3.05, 3.63) is 72.6 Å². The minimum atomic E-state index is -1.41. The molecule has 0 aliphatic carbocycles. The number of alkyl carbamates (subject to hydrolysis) is 1. The number of primary amides is 1. The molecule has 2 aromatic carbocycles. The van der Waals surface area contributed by atoms with Crippen LogP contribution in [-0.2, 0) is 19.1 Å². The van der Waals surface area contributed by atoms with Gasteiger partial charge in [0.25, 0.3) is 0 Å². The zero-order valence-corrected chi connectivity index (χ0v) is 30.4. The SMILES string of the molecule is COC(=O)N[C@H](C(=O)N1CCCC1c1ncc(-c2ccc(-c3ccc(-c4cnc([C@@H]5CCCN5C(=O)[C@H](CC(N)=O)NC(=O)O)[nH]4)cc3)cc2)[nH]1)C(C)C. The fourth-order valence-corrected chi connectivity index (χ4v) is 7.25. The molecule has 0 radical (unpaired) electrons. The first-order chi connectivity index (χ1) is 25.9. The van der Waals surface area contributed by atoms with Gasteiger partial charge in [-0.25, -0.2) is 19.6 Å². The molecule has 16 heteroatoms. The molecule has 7 N–H and O–H groups in total. The predicted octanol–water partition coefficient (Wildman–Crippen LogP) is 4.35. The number of nitrogens with two attached hydrogens (primary N) is 1. The van der Waals surface area contributed by atoms with Crippen LogP contribution in [0.1, 0.15) is 69.7 Å². The summed E-state index contributed by atoms with van der Waals surface area (Å²) in [6, 6.07) is 13.5. The predicted molar refractivity (Wildman–Crippen MR) is 197 cm³/mol. The average Bonchev–Trinajstić information content (AvgIpc) is 3.99. The molecule has 0 saturated carbocycles. The molecule has 16 nitrogen and oxygen atoms in total. The summed E-state index contributed by atoms with van der Waals surface area (Å²) >= 11 is 0. The van der Waals surface area contributed by atoms with E-state index >= 15 is 0 Å². The van der Waals surface area contributed by atoms with Crippen LogP contribution in [0.25, 0.3) is 33.6 Å². The van der Waals surface area contributed by atoms with E-state index < -0.39 is 48.5 Å². The fraction of sp³-hybridized carbons (Fsp3) is 0.395. The Morgan fingerprint density at radius 3 is 1.69 bits per heavy atom. The number of nitrogens with one attached hydrogen (secondary N) is 4. The lowest BCUT2D eigenvalue weighted by molar-refractivity contribution is -0.136. The van der Waals surface area contributed by atoms with Gasteiger partial charge in [0.1, 0.15) is 23.7 Å². The van der Waals surface area contributed by atoms with Gasteiger partial charge in [-0.05, 0) is 53.9 Å². The lowest BCUT2D eigenvalue weighted by atomic mass is 10.0. The Hall–Kier alpha value is -6.19. The number of carbonyl (C=O) groups excluding carboxylic acids is 4. The Bertz CT molecular complexity index is 1970. The zero-order chi connectivity index (χ0) is 38.5. The van der Waals surface area contributed by atoms with Crippen LogP contribution in [0.3, 0.4) is 0 Å². The summed E-state index contributed by atoms with van der Waals surface area (Å²) in [5.74, 6) is -0.289. The lowest BCUT2D eigenvalue weighted by Crippen LogP contribution is -2.51. The third kappa shape index (κ3) is 8.22. The Kier molecular flexibility index (Phi) is 11.3. The maximum Gasteiger partial charge on any atom is 0.407 e. The third-order valence-corrected chi connectivity index (χ3v) is 10.0. The average molecular weight is 740 g/mol. The molecule has 0 spiro atoms. The largest absolute Gasteiger partial charge is 0.465 e. The topological polar surface area (TPSA) is 229 Å². The molecular weight excluding hydrogens is 694 g/mol. The van der Waals surface area contributed by atoms with E-state index in [9.17, 15) is 29.1 Å². The van der Waals surface area contributed by atoms with Gasteiger partial charge >= 0.3 is 12.2 Å². The van der Waals surface area contributed by atoms with Gasteiger partial charge in [0, 0.05) is 13.1 Å². The van der Waals surface area contributed by atoms with Crippen LogP contribution in [0.15, 0.2) is 60.9 Å². The van der Waals surface area contributed by atoms with E-state index in [4.69, 9.17) is 10.5 Å². The Morgan fingerprint density at radius 1 is 0.796 bits per heavy atom. The second-order valence-corrected chi connectivity index (χ2v) is 13.9. The lowest BCUT2D eigenvalue weighted by Gasteiger charge is -2.30. The van der Waals surface area contributed by atoms with Gasteiger partial charge in [0.2, 0.25) is 17.7 Å². The maximum atomic E-state index is 13.5. The van der Waals surface area contributed by atoms with Gasteiger partial charge in [0.05, 0.1) is 49.4 Å². The molecule has 1 unspecified atom stereocenters. The molecule has 4 atom stereocenters. The number of nitrogens with zero attached hydrogens (tertiary/aromatic N) is 4. The Balaban J connectivity index is 1.11. The summed E-state index contributed by atoms with van der Waals surface area (Å²) in [6.07, 6.45) is 3.94. The standard InChI is InChI=1S/C38H45N9O7/c1-21(2)32(45-38(53)54-3)36(50)47-17-5-7-30(47)34-41-20-28(43-34)25-14-10-23(11-15-25)22-8-12-24(13-9-22)27-19-40-33(42-27)29-6-4-16-46(29)35(49)26(18-31(39)48)44-37(51)52/h8-15,19-21,26,29-30,32,44H,4-7,16-18H2,1-3H3,(H2,39,48)(H,40,42)(H,41,43)(H,45,53)(H,51,52)/t26-,29-,30?,32-/m0/s1. The monoisotopic (exact) mass is 739 g/mol. The molecular formula is C38H45N9O7. The van der Waals surface area contributed by atoms with E-state index in [2.05, 4.69) is 30.6 Å². The number of hydrogen-bond donors (Lipinski definition) is 6. The second-order valence-electron chi connectivity index (χ2n) is 13.9. The van der Waals surface area contributed by atoms with E-state index in [1.165, 1.54) is 7.11 Å². The molecule has 2 aliphatic rings. The van der Waals surface area contributed by atoms with Gasteiger partial charge < -0.3 is 46.0 Å². The first-order valence-corrected chi connectivity index (χ1v) is 18.0. The number of ether oxygens (including phenoxy) is 1. The first-order valence-electron chi connectivity index (χ1n) is 18.0. The van der Waals surface area contributed by atoms with Crippen molar-refractivity contribution < 1.29 is 33.8 Å². The summed E-state index contributed by atoms with van der Waals surface area (Å²) in [5.41, 5.74) is 10.7. The van der Waals surface area contributed by atoms with Crippen molar-refractivity contribution in [3.63, 3.8) is 0 Å². The number of carbonyl (C=O) groups is 5. The van der Waals surface area contributed by atoms with E-state index in [0.29, 0.717) is 37.6 Å². The molecule has 6 rings (SSSR count). The highest BCUT2D eigenvalue weighted by molar-refractivity contribution is 5.90. The molecule has 2 fully saturated rings. The highest BCUT2D eigenvalue weighted by Crippen LogP contribution is 2.35. The normalized spacial score (nSPS) is 18.0. The molecule has 54 heavy (non-hydrogen) atoms. The fourth-order valence-electron chi connectivity index (χ4n) is 7.25. The minimum Gasteiger partial charge on any atom is -0.465 e. The molecule has 2 aromatic heterocycles. The summed E-state index contributed by atoms with van der Waals surface area (Å²) in [4.78, 5) is 80.7. The smallest absolute Gasteiger partial charge is 0.407 e. The number of rotatable bonds is 12. The highest BCUT2D eigenvalue weighted by Gasteiger charge is 2.38. The van der Waals surface area contributed by atoms with Gasteiger partial charge in [-0.15, -0.1) is 0 Å². The molecule has 2 aliphatic heterocycles. The van der Waals surface area contributed by atoms with E-state index in [0.717, 1.165) is 46.5 Å². The quantitative estimate of drug-likeness (QED) is 0.121. The van der Waals surface area contributed by atoms with E-state index in [1.807, 2.05) is 62.4 Å². The van der Waals surface area contributed by atoms with Gasteiger partial charge in [-0.3, -0.25) is 14.4 Å². The number of hydrogen-bond acceptors (Lipinski definition) is 8. The minimum absolute atomic E-state index is 0.118. The number of aromatic amines is 2. The summed E-state index contributed by atoms with van der Waals surface area (Å²) < 4.78 is 4.74. The van der Waals surface area contributed by atoms with Crippen molar-refractivity contribution in [1.29, 1.82) is 0 Å². The number of likely N-dealkylation sites (tertiary alicyclic amines) is 2. The molecule has 0 bridgehead atoms. The van der Waals surface area contributed by atoms with Crippen LogP contribution in [-0.4, -0.2) is 97.0 Å². The van der Waals surface area contributed by atoms with Crippen LogP contribution < -0.4 is 16.4 Å². The van der Waals surface area contributed by atoms with Gasteiger partial charge in [-0.1, -0.05) is 62.4 Å². The van der Waals surface area contributed by atoms with Crippen molar-refractivity contribution in [3.8, 4) is 33.6 Å². The number of benzene rings is 2.